The summed E-state index contributed by atoms with van der Waals surface area (Å²) in [5.41, 5.74) is 3.83. The molecule has 42 heavy (non-hydrogen) atoms. The Hall–Kier alpha value is -5.52. The van der Waals surface area contributed by atoms with Crippen LogP contribution >= 0.6 is 0 Å². The summed E-state index contributed by atoms with van der Waals surface area (Å²) >= 11 is 0. The number of benzene rings is 3. The van der Waals surface area contributed by atoms with E-state index in [9.17, 15) is 18.0 Å². The van der Waals surface area contributed by atoms with Crippen LogP contribution in [0.3, 0.4) is 0 Å². The molecule has 0 spiro atoms. The van der Waals surface area contributed by atoms with E-state index in [0.29, 0.717) is 33.9 Å². The third-order valence-corrected chi connectivity index (χ3v) is 6.43. The quantitative estimate of drug-likeness (QED) is 0.192. The fraction of sp³-hybridized carbons (Fsp3) is 0.100. The van der Waals surface area contributed by atoms with Crippen molar-refractivity contribution in [2.45, 2.75) is 19.6 Å². The zero-order chi connectivity index (χ0) is 29.3. The van der Waals surface area contributed by atoms with Gasteiger partial charge in [0.2, 0.25) is 11.9 Å². The number of aromatic nitrogens is 5. The van der Waals surface area contributed by atoms with Crippen molar-refractivity contribution in [1.29, 1.82) is 0 Å². The lowest BCUT2D eigenvalue weighted by molar-refractivity contribution is -0.137. The molecule has 0 saturated carbocycles. The zero-order valence-electron chi connectivity index (χ0n) is 22.1. The number of carbonyl (C=O) groups excluding carboxylic acids is 1. The Balaban J connectivity index is 1.36. The summed E-state index contributed by atoms with van der Waals surface area (Å²) in [5, 5.41) is 10.2. The summed E-state index contributed by atoms with van der Waals surface area (Å²) in [6.07, 6.45) is -1.10. The highest BCUT2D eigenvalue weighted by Gasteiger charge is 2.30. The van der Waals surface area contributed by atoms with Crippen molar-refractivity contribution in [3.05, 3.63) is 103 Å². The molecule has 3 heterocycles. The minimum Gasteiger partial charge on any atom is -0.338 e. The number of carbonyl (C=O) groups is 1. The Morgan fingerprint density at radius 2 is 1.60 bits per heavy atom. The highest BCUT2D eigenvalue weighted by atomic mass is 19.4. The van der Waals surface area contributed by atoms with Crippen LogP contribution in [-0.4, -0.2) is 30.4 Å². The number of nitrogens with one attached hydrogen (secondary N) is 3. The van der Waals surface area contributed by atoms with Crippen LogP contribution < -0.4 is 16.0 Å². The molecule has 3 aromatic carbocycles. The maximum Gasteiger partial charge on any atom is 0.416 e. The fourth-order valence-corrected chi connectivity index (χ4v) is 4.46. The van der Waals surface area contributed by atoms with Crippen LogP contribution in [0.25, 0.3) is 22.1 Å². The largest absolute Gasteiger partial charge is 0.416 e. The van der Waals surface area contributed by atoms with Gasteiger partial charge in [-0.2, -0.15) is 23.1 Å². The van der Waals surface area contributed by atoms with E-state index in [0.717, 1.165) is 28.7 Å². The third-order valence-electron chi connectivity index (χ3n) is 6.43. The molecule has 0 saturated heterocycles. The molecule has 210 valence electrons. The van der Waals surface area contributed by atoms with Crippen molar-refractivity contribution >= 4 is 56.8 Å². The Morgan fingerprint density at radius 3 is 2.33 bits per heavy atom. The van der Waals surface area contributed by atoms with Crippen LogP contribution in [0.1, 0.15) is 18.1 Å². The van der Waals surface area contributed by atoms with Gasteiger partial charge >= 0.3 is 6.18 Å². The SMILES string of the molecule is CC(=O)Nc1ccc(Nc2nc(Nc3ccc4ncccc4c3)nc3c2ncn3Cc2ccc(C(F)(F)F)cc2)cc1. The van der Waals surface area contributed by atoms with Crippen molar-refractivity contribution in [3.63, 3.8) is 0 Å². The van der Waals surface area contributed by atoms with Gasteiger partial charge in [0.1, 0.15) is 0 Å². The molecule has 6 aromatic rings. The smallest absolute Gasteiger partial charge is 0.338 e. The van der Waals surface area contributed by atoms with E-state index in [1.165, 1.54) is 19.1 Å². The number of hydrogen-bond donors (Lipinski definition) is 3. The molecule has 3 N–H and O–H groups in total. The highest BCUT2D eigenvalue weighted by Crippen LogP contribution is 2.30. The molecular weight excluding hydrogens is 545 g/mol. The first-order valence-electron chi connectivity index (χ1n) is 12.9. The van der Waals surface area contributed by atoms with E-state index in [2.05, 4.69) is 30.9 Å². The first-order valence-corrected chi connectivity index (χ1v) is 12.9. The highest BCUT2D eigenvalue weighted by molar-refractivity contribution is 5.90. The van der Waals surface area contributed by atoms with E-state index in [1.807, 2.05) is 30.3 Å². The van der Waals surface area contributed by atoms with E-state index < -0.39 is 11.7 Å². The van der Waals surface area contributed by atoms with Crippen LogP contribution in [0.2, 0.25) is 0 Å². The number of hydrogen-bond acceptors (Lipinski definition) is 7. The predicted molar refractivity (Wildman–Crippen MR) is 155 cm³/mol. The minimum absolute atomic E-state index is 0.174. The minimum atomic E-state index is -4.41. The summed E-state index contributed by atoms with van der Waals surface area (Å²) in [5.74, 6) is 0.535. The number of fused-ring (bicyclic) bond motifs is 2. The number of alkyl halides is 3. The van der Waals surface area contributed by atoms with Gasteiger partial charge in [0.15, 0.2) is 17.0 Å². The maximum atomic E-state index is 13.0. The molecule has 0 aliphatic heterocycles. The summed E-state index contributed by atoms with van der Waals surface area (Å²) in [7, 11) is 0. The molecule has 0 fully saturated rings. The first kappa shape index (κ1) is 26.7. The number of amides is 1. The second-order valence-electron chi connectivity index (χ2n) is 9.55. The average molecular weight is 569 g/mol. The van der Waals surface area contributed by atoms with Gasteiger partial charge in [-0.3, -0.25) is 9.78 Å². The van der Waals surface area contributed by atoms with Gasteiger partial charge in [-0.15, -0.1) is 0 Å². The molecule has 3 aromatic heterocycles. The van der Waals surface area contributed by atoms with Gasteiger partial charge in [0, 0.05) is 35.6 Å². The number of rotatable bonds is 7. The molecular formula is C30H23F3N8O. The van der Waals surface area contributed by atoms with Crippen molar-refractivity contribution in [2.24, 2.45) is 0 Å². The van der Waals surface area contributed by atoms with Crippen molar-refractivity contribution in [1.82, 2.24) is 24.5 Å². The second-order valence-corrected chi connectivity index (χ2v) is 9.55. The van der Waals surface area contributed by atoms with Crippen LogP contribution in [0.5, 0.6) is 0 Å². The van der Waals surface area contributed by atoms with Crippen molar-refractivity contribution < 1.29 is 18.0 Å². The maximum absolute atomic E-state index is 13.0. The second kappa shape index (κ2) is 10.8. The van der Waals surface area contributed by atoms with Crippen molar-refractivity contribution in [2.75, 3.05) is 16.0 Å². The molecule has 1 amide bonds. The molecule has 0 aliphatic carbocycles. The molecule has 0 aliphatic rings. The summed E-state index contributed by atoms with van der Waals surface area (Å²) < 4.78 is 40.9. The molecule has 0 unspecified atom stereocenters. The number of nitrogens with zero attached hydrogens (tertiary/aromatic N) is 5. The Morgan fingerprint density at radius 1 is 0.857 bits per heavy atom. The van der Waals surface area contributed by atoms with Gasteiger partial charge in [0.25, 0.3) is 0 Å². The lowest BCUT2D eigenvalue weighted by atomic mass is 10.1. The Labute approximate surface area is 237 Å². The molecule has 9 nitrogen and oxygen atoms in total. The number of imidazole rings is 1. The lowest BCUT2D eigenvalue weighted by Gasteiger charge is -2.12. The summed E-state index contributed by atoms with van der Waals surface area (Å²) in [6.45, 7) is 1.68. The van der Waals surface area contributed by atoms with E-state index in [4.69, 9.17) is 4.98 Å². The summed E-state index contributed by atoms with van der Waals surface area (Å²) in [4.78, 5) is 29.6. The van der Waals surface area contributed by atoms with Crippen LogP contribution in [-0.2, 0) is 17.5 Å². The molecule has 0 radical (unpaired) electrons. The normalized spacial score (nSPS) is 11.5. The van der Waals surface area contributed by atoms with Crippen LogP contribution in [0.4, 0.5) is 42.0 Å². The Kier molecular flexibility index (Phi) is 6.87. The van der Waals surface area contributed by atoms with Crippen LogP contribution in [0, 0.1) is 0 Å². The van der Waals surface area contributed by atoms with Gasteiger partial charge < -0.3 is 20.5 Å². The summed E-state index contributed by atoms with van der Waals surface area (Å²) in [6, 6.07) is 21.6. The molecule has 6 rings (SSSR count). The number of anilines is 5. The standard InChI is InChI=1S/C30H23F3N8O/c1-18(42)36-22-8-10-23(11-9-22)37-27-26-28(41(17-35-26)16-19-4-6-21(7-5-19)30(31,32)33)40-29(39-27)38-24-12-13-25-20(15-24)3-2-14-34-25/h2-15,17H,16H2,1H3,(H,36,42)(H2,37,38,39,40). The van der Waals surface area contributed by atoms with Crippen molar-refractivity contribution in [3.8, 4) is 0 Å². The molecule has 0 bridgehead atoms. The lowest BCUT2D eigenvalue weighted by Crippen LogP contribution is -2.07. The topological polar surface area (TPSA) is 110 Å². The van der Waals surface area contributed by atoms with E-state index >= 15 is 0 Å². The van der Waals surface area contributed by atoms with Crippen LogP contribution in [0.15, 0.2) is 91.4 Å². The van der Waals surface area contributed by atoms with Gasteiger partial charge in [-0.05, 0) is 66.2 Å². The van der Waals surface area contributed by atoms with Gasteiger partial charge in [-0.25, -0.2) is 4.98 Å². The zero-order valence-corrected chi connectivity index (χ0v) is 22.1. The average Bonchev–Trinajstić information content (AvgIpc) is 3.36. The predicted octanol–water partition coefficient (Wildman–Crippen LogP) is 6.89. The first-order chi connectivity index (χ1) is 20.2. The third kappa shape index (κ3) is 5.82. The molecule has 12 heteroatoms. The fourth-order valence-electron chi connectivity index (χ4n) is 4.46. The molecule has 0 atom stereocenters. The van der Waals surface area contributed by atoms with Gasteiger partial charge in [-0.1, -0.05) is 18.2 Å². The van der Waals surface area contributed by atoms with E-state index in [-0.39, 0.29) is 18.4 Å². The number of pyridine rings is 1. The monoisotopic (exact) mass is 568 g/mol. The Bertz CT molecular complexity index is 1900. The van der Waals surface area contributed by atoms with E-state index in [1.54, 1.807) is 41.4 Å². The number of halogens is 3. The van der Waals surface area contributed by atoms with Gasteiger partial charge in [0.05, 0.1) is 24.0 Å².